The van der Waals surface area contributed by atoms with Crippen molar-refractivity contribution in [1.82, 2.24) is 5.43 Å². The summed E-state index contributed by atoms with van der Waals surface area (Å²) in [5, 5.41) is 0.641. The highest BCUT2D eigenvalue weighted by Crippen LogP contribution is 2.33. The molecule has 0 saturated carbocycles. The minimum atomic E-state index is -0.137. The minimum absolute atomic E-state index is 0.137. The van der Waals surface area contributed by atoms with E-state index in [1.807, 2.05) is 18.2 Å². The van der Waals surface area contributed by atoms with Crippen molar-refractivity contribution < 1.29 is 4.74 Å². The van der Waals surface area contributed by atoms with Crippen LogP contribution < -0.4 is 16.0 Å². The molecule has 0 aromatic heterocycles. The maximum absolute atomic E-state index is 6.01. The third kappa shape index (κ3) is 2.80. The Bertz CT molecular complexity index is 613. The van der Waals surface area contributed by atoms with E-state index in [1.54, 1.807) is 13.2 Å². The van der Waals surface area contributed by atoms with Gasteiger partial charge in [0.05, 0.1) is 13.2 Å². The quantitative estimate of drug-likeness (QED) is 0.669. The average Bonchev–Trinajstić information content (AvgIpc) is 2.45. The lowest BCUT2D eigenvalue weighted by Gasteiger charge is -2.22. The van der Waals surface area contributed by atoms with E-state index in [-0.39, 0.29) is 6.04 Å². The number of methoxy groups -OCH3 is 1. The molecule has 0 aliphatic carbocycles. The van der Waals surface area contributed by atoms with Crippen molar-refractivity contribution in [3.05, 3.63) is 63.7 Å². The Balaban J connectivity index is 2.55. The maximum Gasteiger partial charge on any atom is 0.125 e. The van der Waals surface area contributed by atoms with Crippen molar-refractivity contribution in [3.8, 4) is 5.75 Å². The maximum atomic E-state index is 6.01. The molecule has 0 aliphatic heterocycles. The van der Waals surface area contributed by atoms with Crippen LogP contribution in [0.1, 0.15) is 28.3 Å². The van der Waals surface area contributed by atoms with E-state index in [9.17, 15) is 0 Å². The van der Waals surface area contributed by atoms with E-state index < -0.39 is 0 Å². The summed E-state index contributed by atoms with van der Waals surface area (Å²) in [5.74, 6) is 6.50. The number of hydrogen-bond donors (Lipinski definition) is 2. The van der Waals surface area contributed by atoms with Gasteiger partial charge < -0.3 is 4.74 Å². The van der Waals surface area contributed by atoms with E-state index in [0.717, 1.165) is 16.9 Å². The normalized spacial score (nSPS) is 12.2. The Kier molecular flexibility index (Phi) is 4.65. The van der Waals surface area contributed by atoms with E-state index in [2.05, 4.69) is 31.4 Å². The summed E-state index contributed by atoms with van der Waals surface area (Å²) >= 11 is 6.01. The monoisotopic (exact) mass is 290 g/mol. The third-order valence-electron chi connectivity index (χ3n) is 3.63. The first-order valence-electron chi connectivity index (χ1n) is 6.44. The highest BCUT2D eigenvalue weighted by molar-refractivity contribution is 6.30. The van der Waals surface area contributed by atoms with Gasteiger partial charge in [-0.05, 0) is 42.7 Å². The van der Waals surface area contributed by atoms with Crippen LogP contribution >= 0.6 is 11.6 Å². The van der Waals surface area contributed by atoms with Gasteiger partial charge in [0, 0.05) is 10.6 Å². The molecule has 2 aromatic rings. The van der Waals surface area contributed by atoms with Crippen LogP contribution in [0.3, 0.4) is 0 Å². The fourth-order valence-electron chi connectivity index (χ4n) is 2.36. The molecule has 3 N–H and O–H groups in total. The molecule has 1 unspecified atom stereocenters. The van der Waals surface area contributed by atoms with Crippen LogP contribution in [-0.4, -0.2) is 7.11 Å². The number of ether oxygens (including phenoxy) is 1. The number of aryl methyl sites for hydroxylation is 1. The first-order chi connectivity index (χ1) is 9.58. The molecule has 0 spiro atoms. The zero-order valence-electron chi connectivity index (χ0n) is 11.9. The standard InChI is InChI=1S/C16H19ClN2O/c1-10-5-4-6-13(11(10)2)16(19-18)14-8-7-12(17)9-15(14)20-3/h4-9,16,19H,18H2,1-3H3. The molecule has 0 amide bonds. The van der Waals surface area contributed by atoms with Gasteiger partial charge in [-0.1, -0.05) is 35.9 Å². The lowest BCUT2D eigenvalue weighted by molar-refractivity contribution is 0.404. The molecular weight excluding hydrogens is 272 g/mol. The van der Waals surface area contributed by atoms with E-state index in [1.165, 1.54) is 11.1 Å². The fourth-order valence-corrected chi connectivity index (χ4v) is 2.52. The highest BCUT2D eigenvalue weighted by Gasteiger charge is 2.19. The topological polar surface area (TPSA) is 47.3 Å². The first-order valence-corrected chi connectivity index (χ1v) is 6.82. The zero-order chi connectivity index (χ0) is 14.7. The van der Waals surface area contributed by atoms with Crippen LogP contribution in [0.5, 0.6) is 5.75 Å². The number of nitrogens with two attached hydrogens (primary N) is 1. The van der Waals surface area contributed by atoms with Gasteiger partial charge in [0.15, 0.2) is 0 Å². The van der Waals surface area contributed by atoms with Crippen LogP contribution in [0.4, 0.5) is 0 Å². The molecule has 20 heavy (non-hydrogen) atoms. The summed E-state index contributed by atoms with van der Waals surface area (Å²) in [6.45, 7) is 4.18. The van der Waals surface area contributed by atoms with Crippen molar-refractivity contribution >= 4 is 11.6 Å². The highest BCUT2D eigenvalue weighted by atomic mass is 35.5. The van der Waals surface area contributed by atoms with Crippen molar-refractivity contribution in [1.29, 1.82) is 0 Å². The van der Waals surface area contributed by atoms with Gasteiger partial charge in [-0.25, -0.2) is 5.43 Å². The van der Waals surface area contributed by atoms with Crippen LogP contribution in [0.25, 0.3) is 0 Å². The second kappa shape index (κ2) is 6.27. The third-order valence-corrected chi connectivity index (χ3v) is 3.87. The zero-order valence-corrected chi connectivity index (χ0v) is 12.7. The van der Waals surface area contributed by atoms with Crippen LogP contribution in [0.15, 0.2) is 36.4 Å². The Labute approximate surface area is 124 Å². The van der Waals surface area contributed by atoms with Gasteiger partial charge in [-0.2, -0.15) is 0 Å². The number of halogens is 1. The molecular formula is C16H19ClN2O. The van der Waals surface area contributed by atoms with E-state index in [4.69, 9.17) is 22.2 Å². The van der Waals surface area contributed by atoms with Crippen molar-refractivity contribution in [3.63, 3.8) is 0 Å². The Morgan fingerprint density at radius 1 is 1.15 bits per heavy atom. The van der Waals surface area contributed by atoms with Gasteiger partial charge in [-0.15, -0.1) is 0 Å². The molecule has 4 heteroatoms. The summed E-state index contributed by atoms with van der Waals surface area (Å²) in [6.07, 6.45) is 0. The lowest BCUT2D eigenvalue weighted by Crippen LogP contribution is -2.29. The molecule has 2 rings (SSSR count). The number of benzene rings is 2. The van der Waals surface area contributed by atoms with E-state index in [0.29, 0.717) is 5.02 Å². The summed E-state index contributed by atoms with van der Waals surface area (Å²) in [6, 6.07) is 11.6. The number of hydrazine groups is 1. The van der Waals surface area contributed by atoms with Gasteiger partial charge in [0.25, 0.3) is 0 Å². The Morgan fingerprint density at radius 2 is 1.90 bits per heavy atom. The average molecular weight is 291 g/mol. The number of hydrogen-bond acceptors (Lipinski definition) is 3. The second-order valence-electron chi connectivity index (χ2n) is 4.78. The molecule has 0 radical (unpaired) electrons. The minimum Gasteiger partial charge on any atom is -0.496 e. The van der Waals surface area contributed by atoms with Gasteiger partial charge in [0.1, 0.15) is 5.75 Å². The van der Waals surface area contributed by atoms with Crippen LogP contribution in [-0.2, 0) is 0 Å². The molecule has 0 fully saturated rings. The predicted molar refractivity (Wildman–Crippen MR) is 83.1 cm³/mol. The lowest BCUT2D eigenvalue weighted by atomic mass is 9.92. The Morgan fingerprint density at radius 3 is 2.55 bits per heavy atom. The molecule has 2 aromatic carbocycles. The second-order valence-corrected chi connectivity index (χ2v) is 5.21. The molecule has 0 bridgehead atoms. The smallest absolute Gasteiger partial charge is 0.125 e. The molecule has 1 atom stereocenters. The summed E-state index contributed by atoms with van der Waals surface area (Å²) in [7, 11) is 1.63. The number of rotatable bonds is 4. The fraction of sp³-hybridized carbons (Fsp3) is 0.250. The van der Waals surface area contributed by atoms with E-state index >= 15 is 0 Å². The van der Waals surface area contributed by atoms with Crippen LogP contribution in [0.2, 0.25) is 5.02 Å². The Hall–Kier alpha value is -1.55. The molecule has 0 aliphatic rings. The largest absolute Gasteiger partial charge is 0.496 e. The van der Waals surface area contributed by atoms with Crippen molar-refractivity contribution in [2.24, 2.45) is 5.84 Å². The first kappa shape index (κ1) is 14.9. The van der Waals surface area contributed by atoms with Gasteiger partial charge >= 0.3 is 0 Å². The van der Waals surface area contributed by atoms with Gasteiger partial charge in [-0.3, -0.25) is 5.84 Å². The number of nitrogens with one attached hydrogen (secondary N) is 1. The summed E-state index contributed by atoms with van der Waals surface area (Å²) in [5.41, 5.74) is 7.42. The SMILES string of the molecule is COc1cc(Cl)ccc1C(NN)c1cccc(C)c1C. The predicted octanol–water partition coefficient (Wildman–Crippen LogP) is 3.52. The molecule has 0 saturated heterocycles. The summed E-state index contributed by atoms with van der Waals surface area (Å²) in [4.78, 5) is 0. The summed E-state index contributed by atoms with van der Waals surface area (Å²) < 4.78 is 5.42. The molecule has 106 valence electrons. The van der Waals surface area contributed by atoms with Crippen molar-refractivity contribution in [2.75, 3.05) is 7.11 Å². The molecule has 0 heterocycles. The van der Waals surface area contributed by atoms with Crippen LogP contribution in [0, 0.1) is 13.8 Å². The molecule has 3 nitrogen and oxygen atoms in total. The van der Waals surface area contributed by atoms with Crippen molar-refractivity contribution in [2.45, 2.75) is 19.9 Å². The van der Waals surface area contributed by atoms with Gasteiger partial charge in [0.2, 0.25) is 0 Å².